The van der Waals surface area contributed by atoms with Crippen LogP contribution >= 0.6 is 11.6 Å². The molecule has 7 heteroatoms. The molecule has 0 saturated carbocycles. The molecule has 126 valence electrons. The predicted octanol–water partition coefficient (Wildman–Crippen LogP) is 1.21. The Morgan fingerprint density at radius 1 is 1.05 bits per heavy atom. The molecule has 1 atom stereocenters. The number of unbranched alkanes of at least 4 members (excludes halogenated alkanes) is 1. The molecule has 0 fully saturated rings. The minimum atomic E-state index is -0.661. The third-order valence-corrected chi connectivity index (χ3v) is 2.92. The molecule has 6 nitrogen and oxygen atoms in total. The number of hydrogen-bond donors (Lipinski definition) is 1. The Morgan fingerprint density at radius 2 is 1.62 bits per heavy atom. The lowest BCUT2D eigenvalue weighted by Gasteiger charge is -2.09. The van der Waals surface area contributed by atoms with E-state index in [1.807, 2.05) is 0 Å². The minimum absolute atomic E-state index is 0.364. The van der Waals surface area contributed by atoms with Gasteiger partial charge in [0.2, 0.25) is 0 Å². The van der Waals surface area contributed by atoms with Crippen molar-refractivity contribution in [3.05, 3.63) is 0 Å². The van der Waals surface area contributed by atoms with Gasteiger partial charge < -0.3 is 24.3 Å². The van der Waals surface area contributed by atoms with Crippen LogP contribution in [-0.2, 0) is 23.7 Å². The summed E-state index contributed by atoms with van der Waals surface area (Å²) in [6.45, 7) is 6.79. The fourth-order valence-electron chi connectivity index (χ4n) is 1.37. The Hall–Kier alpha value is -0.400. The number of carbonyl (C=O) groups is 1. The van der Waals surface area contributed by atoms with Crippen molar-refractivity contribution in [3.63, 3.8) is 0 Å². The van der Waals surface area contributed by atoms with Crippen LogP contribution in [0, 0.1) is 0 Å². The summed E-state index contributed by atoms with van der Waals surface area (Å²) in [6.07, 6.45) is 2.24. The Kier molecular flexibility index (Phi) is 15.7. The zero-order valence-electron chi connectivity index (χ0n) is 13.1. The van der Waals surface area contributed by atoms with Gasteiger partial charge in [0.05, 0.1) is 40.1 Å². The molecule has 0 spiro atoms. The summed E-state index contributed by atoms with van der Waals surface area (Å²) in [7, 11) is 1.32. The first kappa shape index (κ1) is 20.6. The van der Waals surface area contributed by atoms with Gasteiger partial charge in [-0.3, -0.25) is 4.79 Å². The maximum Gasteiger partial charge on any atom is 0.325 e. The van der Waals surface area contributed by atoms with Crippen molar-refractivity contribution < 1.29 is 23.7 Å². The fraction of sp³-hybridized carbons (Fsp3) is 0.929. The number of nitrogens with one attached hydrogen (secondary N) is 1. The van der Waals surface area contributed by atoms with Crippen molar-refractivity contribution in [2.45, 2.75) is 25.1 Å². The molecular formula is C14H28ClNO5. The van der Waals surface area contributed by atoms with Crippen molar-refractivity contribution in [2.75, 3.05) is 59.8 Å². The van der Waals surface area contributed by atoms with Crippen LogP contribution < -0.4 is 5.32 Å². The number of esters is 1. The van der Waals surface area contributed by atoms with E-state index in [4.69, 9.17) is 25.8 Å². The van der Waals surface area contributed by atoms with Crippen LogP contribution in [-0.4, -0.2) is 71.2 Å². The molecule has 0 rings (SSSR count). The number of alkyl halides is 1. The summed E-state index contributed by atoms with van der Waals surface area (Å²) in [5.41, 5.74) is 0. The second kappa shape index (κ2) is 16.0. The van der Waals surface area contributed by atoms with Gasteiger partial charge in [-0.2, -0.15) is 0 Å². The third kappa shape index (κ3) is 14.3. The molecule has 0 amide bonds. The molecule has 0 aliphatic carbocycles. The molecule has 0 aromatic heterocycles. The van der Waals surface area contributed by atoms with Crippen LogP contribution in [0.5, 0.6) is 0 Å². The largest absolute Gasteiger partial charge is 0.468 e. The maximum absolute atomic E-state index is 11.0. The number of hydrogen-bond acceptors (Lipinski definition) is 6. The fourth-order valence-corrected chi connectivity index (χ4v) is 1.57. The standard InChI is InChI=1S/C14H28ClNO5/c1-3-4-6-19-8-10-21-11-9-20-7-5-16-12-13(15)14(17)18-2/h13,16H,3-12H2,1-2H3. The van der Waals surface area contributed by atoms with E-state index in [0.29, 0.717) is 46.1 Å². The molecule has 0 aromatic carbocycles. The lowest BCUT2D eigenvalue weighted by molar-refractivity contribution is -0.140. The number of carbonyl (C=O) groups excluding carboxylic acids is 1. The van der Waals surface area contributed by atoms with Crippen molar-refractivity contribution >= 4 is 17.6 Å². The molecular weight excluding hydrogens is 298 g/mol. The van der Waals surface area contributed by atoms with E-state index in [1.54, 1.807) is 0 Å². The molecule has 21 heavy (non-hydrogen) atoms. The van der Waals surface area contributed by atoms with Crippen LogP contribution in [0.25, 0.3) is 0 Å². The zero-order chi connectivity index (χ0) is 15.8. The molecule has 0 aromatic rings. The normalized spacial score (nSPS) is 12.3. The van der Waals surface area contributed by atoms with E-state index in [2.05, 4.69) is 17.0 Å². The molecule has 1 N–H and O–H groups in total. The summed E-state index contributed by atoms with van der Waals surface area (Å²) < 4.78 is 20.6. The maximum atomic E-state index is 11.0. The lowest BCUT2D eigenvalue weighted by atomic mass is 10.4. The first-order valence-electron chi connectivity index (χ1n) is 7.38. The molecule has 0 aliphatic rings. The van der Waals surface area contributed by atoms with Gasteiger partial charge in [0.25, 0.3) is 0 Å². The highest BCUT2D eigenvalue weighted by Gasteiger charge is 2.14. The van der Waals surface area contributed by atoms with Gasteiger partial charge in [-0.05, 0) is 6.42 Å². The molecule has 0 aliphatic heterocycles. The molecule has 1 unspecified atom stereocenters. The van der Waals surface area contributed by atoms with Gasteiger partial charge in [-0.15, -0.1) is 11.6 Å². The molecule has 0 heterocycles. The Labute approximate surface area is 132 Å². The van der Waals surface area contributed by atoms with Crippen molar-refractivity contribution in [1.29, 1.82) is 0 Å². The van der Waals surface area contributed by atoms with Crippen molar-refractivity contribution in [2.24, 2.45) is 0 Å². The van der Waals surface area contributed by atoms with Gasteiger partial charge in [0, 0.05) is 19.7 Å². The molecule has 0 saturated heterocycles. The number of ether oxygens (including phenoxy) is 4. The molecule has 0 bridgehead atoms. The predicted molar refractivity (Wildman–Crippen MR) is 81.9 cm³/mol. The SMILES string of the molecule is CCCCOCCOCCOCCNCC(Cl)C(=O)OC. The van der Waals surface area contributed by atoms with Gasteiger partial charge >= 0.3 is 5.97 Å². The lowest BCUT2D eigenvalue weighted by Crippen LogP contribution is -2.32. The summed E-state index contributed by atoms with van der Waals surface area (Å²) in [4.78, 5) is 11.0. The summed E-state index contributed by atoms with van der Waals surface area (Å²) in [5.74, 6) is -0.431. The zero-order valence-corrected chi connectivity index (χ0v) is 13.8. The van der Waals surface area contributed by atoms with Gasteiger partial charge in [-0.25, -0.2) is 0 Å². The molecule has 0 radical (unpaired) electrons. The highest BCUT2D eigenvalue weighted by atomic mass is 35.5. The topological polar surface area (TPSA) is 66.0 Å². The Bertz CT molecular complexity index is 243. The van der Waals surface area contributed by atoms with E-state index in [9.17, 15) is 4.79 Å². The Morgan fingerprint density at radius 3 is 2.19 bits per heavy atom. The van der Waals surface area contributed by atoms with Crippen LogP contribution in [0.1, 0.15) is 19.8 Å². The second-order valence-electron chi connectivity index (χ2n) is 4.39. The average molecular weight is 326 g/mol. The van der Waals surface area contributed by atoms with Gasteiger partial charge in [-0.1, -0.05) is 13.3 Å². The highest BCUT2D eigenvalue weighted by molar-refractivity contribution is 6.30. The minimum Gasteiger partial charge on any atom is -0.468 e. The Balaban J connectivity index is 3.11. The van der Waals surface area contributed by atoms with E-state index in [-0.39, 0.29) is 0 Å². The van der Waals surface area contributed by atoms with Crippen LogP contribution in [0.2, 0.25) is 0 Å². The summed E-state index contributed by atoms with van der Waals surface area (Å²) in [6, 6.07) is 0. The van der Waals surface area contributed by atoms with E-state index in [0.717, 1.165) is 19.4 Å². The number of methoxy groups -OCH3 is 1. The van der Waals surface area contributed by atoms with E-state index in [1.165, 1.54) is 7.11 Å². The first-order chi connectivity index (χ1) is 10.2. The van der Waals surface area contributed by atoms with Gasteiger partial charge in [0.15, 0.2) is 0 Å². The smallest absolute Gasteiger partial charge is 0.325 e. The summed E-state index contributed by atoms with van der Waals surface area (Å²) in [5, 5.41) is 2.35. The van der Waals surface area contributed by atoms with Crippen LogP contribution in [0.4, 0.5) is 0 Å². The van der Waals surface area contributed by atoms with Crippen molar-refractivity contribution in [3.8, 4) is 0 Å². The monoisotopic (exact) mass is 325 g/mol. The second-order valence-corrected chi connectivity index (χ2v) is 4.91. The number of halogens is 1. The quantitative estimate of drug-likeness (QED) is 0.277. The van der Waals surface area contributed by atoms with E-state index >= 15 is 0 Å². The number of rotatable bonds is 15. The summed E-state index contributed by atoms with van der Waals surface area (Å²) >= 11 is 5.76. The highest BCUT2D eigenvalue weighted by Crippen LogP contribution is 1.95. The third-order valence-electron chi connectivity index (χ3n) is 2.59. The van der Waals surface area contributed by atoms with Crippen LogP contribution in [0.3, 0.4) is 0 Å². The van der Waals surface area contributed by atoms with E-state index < -0.39 is 11.3 Å². The first-order valence-corrected chi connectivity index (χ1v) is 7.81. The average Bonchev–Trinajstić information content (AvgIpc) is 2.50. The van der Waals surface area contributed by atoms with Crippen molar-refractivity contribution in [1.82, 2.24) is 5.32 Å². The van der Waals surface area contributed by atoms with Crippen LogP contribution in [0.15, 0.2) is 0 Å². The van der Waals surface area contributed by atoms with Gasteiger partial charge in [0.1, 0.15) is 5.38 Å².